The number of nitrogens with one attached hydrogen (secondary N) is 1. The number of amides is 1. The predicted octanol–water partition coefficient (Wildman–Crippen LogP) is 5.32. The molecule has 0 saturated heterocycles. The average Bonchev–Trinajstić information content (AvgIpc) is 2.79. The smallest absolute Gasteiger partial charge is 0.338 e. The summed E-state index contributed by atoms with van der Waals surface area (Å²) < 4.78 is 16.6. The SMILES string of the molecule is CCOc1c(Br)cc(C(=O)OCC(=O)Nc2ccccc2-c2ccccc2)cc1OC. The second-order valence-electron chi connectivity index (χ2n) is 6.46. The van der Waals surface area contributed by atoms with Crippen LogP contribution >= 0.6 is 15.9 Å². The highest BCUT2D eigenvalue weighted by atomic mass is 79.9. The molecule has 0 atom stereocenters. The third kappa shape index (κ3) is 5.64. The summed E-state index contributed by atoms with van der Waals surface area (Å²) in [5.74, 6) is -0.191. The molecule has 0 aliphatic carbocycles. The zero-order chi connectivity index (χ0) is 22.2. The van der Waals surface area contributed by atoms with Crippen molar-refractivity contribution in [2.45, 2.75) is 6.92 Å². The summed E-state index contributed by atoms with van der Waals surface area (Å²) >= 11 is 3.37. The number of para-hydroxylation sites is 1. The molecule has 7 heteroatoms. The molecule has 0 aromatic heterocycles. The molecule has 1 amide bonds. The fourth-order valence-electron chi connectivity index (χ4n) is 2.98. The number of carbonyl (C=O) groups excluding carboxylic acids is 2. The topological polar surface area (TPSA) is 73.9 Å². The standard InChI is InChI=1S/C24H22BrNO5/c1-3-30-23-19(25)13-17(14-21(23)29-2)24(28)31-15-22(27)26-20-12-8-7-11-18(20)16-9-5-4-6-10-16/h4-14H,3,15H2,1-2H3,(H,26,27). The van der Waals surface area contributed by atoms with Gasteiger partial charge in [-0.3, -0.25) is 4.79 Å². The predicted molar refractivity (Wildman–Crippen MR) is 123 cm³/mol. The van der Waals surface area contributed by atoms with Crippen LogP contribution in [-0.2, 0) is 9.53 Å². The number of hydrogen-bond donors (Lipinski definition) is 1. The molecule has 0 bridgehead atoms. The minimum atomic E-state index is -0.645. The Labute approximate surface area is 189 Å². The maximum Gasteiger partial charge on any atom is 0.338 e. The van der Waals surface area contributed by atoms with Crippen molar-refractivity contribution in [1.82, 2.24) is 0 Å². The van der Waals surface area contributed by atoms with Gasteiger partial charge in [0.25, 0.3) is 5.91 Å². The van der Waals surface area contributed by atoms with Gasteiger partial charge in [0.2, 0.25) is 0 Å². The number of carbonyl (C=O) groups is 2. The van der Waals surface area contributed by atoms with Gasteiger partial charge in [-0.25, -0.2) is 4.79 Å². The van der Waals surface area contributed by atoms with Gasteiger partial charge in [0.05, 0.1) is 23.8 Å². The van der Waals surface area contributed by atoms with E-state index >= 15 is 0 Å². The van der Waals surface area contributed by atoms with E-state index < -0.39 is 18.5 Å². The Bertz CT molecular complexity index is 1070. The summed E-state index contributed by atoms with van der Waals surface area (Å²) in [5.41, 5.74) is 2.73. The number of rotatable bonds is 8. The Morgan fingerprint density at radius 3 is 2.42 bits per heavy atom. The molecule has 0 aliphatic heterocycles. The highest BCUT2D eigenvalue weighted by molar-refractivity contribution is 9.10. The first-order valence-electron chi connectivity index (χ1n) is 9.65. The average molecular weight is 484 g/mol. The first-order valence-corrected chi connectivity index (χ1v) is 10.4. The van der Waals surface area contributed by atoms with Crippen LogP contribution in [0.4, 0.5) is 5.69 Å². The first kappa shape index (κ1) is 22.4. The monoisotopic (exact) mass is 483 g/mol. The van der Waals surface area contributed by atoms with E-state index in [4.69, 9.17) is 14.2 Å². The lowest BCUT2D eigenvalue weighted by molar-refractivity contribution is -0.119. The van der Waals surface area contributed by atoms with Gasteiger partial charge in [-0.15, -0.1) is 0 Å². The number of benzene rings is 3. The molecular formula is C24H22BrNO5. The molecule has 6 nitrogen and oxygen atoms in total. The van der Waals surface area contributed by atoms with E-state index in [9.17, 15) is 9.59 Å². The zero-order valence-electron chi connectivity index (χ0n) is 17.2. The highest BCUT2D eigenvalue weighted by Gasteiger charge is 2.18. The molecule has 0 aliphatic rings. The van der Waals surface area contributed by atoms with Crippen LogP contribution in [0.3, 0.4) is 0 Å². The molecular weight excluding hydrogens is 462 g/mol. The maximum atomic E-state index is 12.5. The van der Waals surface area contributed by atoms with Gasteiger partial charge < -0.3 is 19.5 Å². The van der Waals surface area contributed by atoms with Crippen LogP contribution in [0.5, 0.6) is 11.5 Å². The normalized spacial score (nSPS) is 10.3. The van der Waals surface area contributed by atoms with Crippen LogP contribution in [0.25, 0.3) is 11.1 Å². The lowest BCUT2D eigenvalue weighted by atomic mass is 10.0. The number of anilines is 1. The molecule has 0 unspecified atom stereocenters. The Morgan fingerprint density at radius 1 is 1.00 bits per heavy atom. The van der Waals surface area contributed by atoms with Gasteiger partial charge >= 0.3 is 5.97 Å². The largest absolute Gasteiger partial charge is 0.493 e. The van der Waals surface area contributed by atoms with Gasteiger partial charge in [0.15, 0.2) is 18.1 Å². The van der Waals surface area contributed by atoms with Crippen molar-refractivity contribution in [2.24, 2.45) is 0 Å². The molecule has 3 aromatic rings. The number of ether oxygens (including phenoxy) is 3. The Kier molecular flexibility index (Phi) is 7.67. The number of halogens is 1. The third-order valence-electron chi connectivity index (χ3n) is 4.37. The fraction of sp³-hybridized carbons (Fsp3) is 0.167. The second kappa shape index (κ2) is 10.6. The maximum absolute atomic E-state index is 12.5. The zero-order valence-corrected chi connectivity index (χ0v) is 18.8. The minimum absolute atomic E-state index is 0.240. The molecule has 0 heterocycles. The van der Waals surface area contributed by atoms with E-state index in [0.717, 1.165) is 11.1 Å². The van der Waals surface area contributed by atoms with Gasteiger partial charge in [-0.2, -0.15) is 0 Å². The van der Waals surface area contributed by atoms with E-state index in [1.54, 1.807) is 12.1 Å². The lowest BCUT2D eigenvalue weighted by Crippen LogP contribution is -2.21. The molecule has 3 aromatic carbocycles. The van der Waals surface area contributed by atoms with Crippen LogP contribution in [0.1, 0.15) is 17.3 Å². The highest BCUT2D eigenvalue weighted by Crippen LogP contribution is 2.36. The first-order chi connectivity index (χ1) is 15.0. The van der Waals surface area contributed by atoms with Crippen LogP contribution in [-0.4, -0.2) is 32.2 Å². The molecule has 0 fully saturated rings. The summed E-state index contributed by atoms with van der Waals surface area (Å²) in [6.07, 6.45) is 0. The van der Waals surface area contributed by atoms with E-state index in [2.05, 4.69) is 21.2 Å². The van der Waals surface area contributed by atoms with Gasteiger partial charge in [0, 0.05) is 11.3 Å². The van der Waals surface area contributed by atoms with Crippen molar-refractivity contribution in [3.63, 3.8) is 0 Å². The van der Waals surface area contributed by atoms with Gasteiger partial charge in [-0.1, -0.05) is 48.5 Å². The number of esters is 1. The molecule has 3 rings (SSSR count). The van der Waals surface area contributed by atoms with Crippen LogP contribution in [0, 0.1) is 0 Å². The summed E-state index contributed by atoms with van der Waals surface area (Å²) in [5, 5.41) is 2.81. The van der Waals surface area contributed by atoms with Crippen LogP contribution < -0.4 is 14.8 Å². The fourth-order valence-corrected chi connectivity index (χ4v) is 3.54. The minimum Gasteiger partial charge on any atom is -0.493 e. The van der Waals surface area contributed by atoms with Crippen molar-refractivity contribution >= 4 is 33.5 Å². The second-order valence-corrected chi connectivity index (χ2v) is 7.31. The lowest BCUT2D eigenvalue weighted by Gasteiger charge is -2.13. The molecule has 0 spiro atoms. The van der Waals surface area contributed by atoms with E-state index in [-0.39, 0.29) is 5.56 Å². The van der Waals surface area contributed by atoms with Crippen molar-refractivity contribution in [2.75, 3.05) is 25.6 Å². The van der Waals surface area contributed by atoms with Crippen LogP contribution in [0.15, 0.2) is 71.2 Å². The summed E-state index contributed by atoms with van der Waals surface area (Å²) in [6, 6.07) is 20.2. The molecule has 31 heavy (non-hydrogen) atoms. The summed E-state index contributed by atoms with van der Waals surface area (Å²) in [4.78, 5) is 24.9. The number of hydrogen-bond acceptors (Lipinski definition) is 5. The van der Waals surface area contributed by atoms with Crippen LogP contribution in [0.2, 0.25) is 0 Å². The van der Waals surface area contributed by atoms with Crippen molar-refractivity contribution < 1.29 is 23.8 Å². The van der Waals surface area contributed by atoms with Crippen molar-refractivity contribution in [3.8, 4) is 22.6 Å². The molecule has 1 N–H and O–H groups in total. The van der Waals surface area contributed by atoms with Gasteiger partial charge in [0.1, 0.15) is 0 Å². The Hall–Kier alpha value is -3.32. The Morgan fingerprint density at radius 2 is 1.71 bits per heavy atom. The molecule has 0 saturated carbocycles. The molecule has 0 radical (unpaired) electrons. The molecule has 160 valence electrons. The summed E-state index contributed by atoms with van der Waals surface area (Å²) in [6.45, 7) is 1.88. The summed E-state index contributed by atoms with van der Waals surface area (Å²) in [7, 11) is 1.48. The number of methoxy groups -OCH3 is 1. The van der Waals surface area contributed by atoms with E-state index in [1.165, 1.54) is 13.2 Å². The van der Waals surface area contributed by atoms with Crippen molar-refractivity contribution in [3.05, 3.63) is 76.8 Å². The third-order valence-corrected chi connectivity index (χ3v) is 4.96. The van der Waals surface area contributed by atoms with Gasteiger partial charge in [-0.05, 0) is 46.6 Å². The van der Waals surface area contributed by atoms with E-state index in [1.807, 2.05) is 55.5 Å². The van der Waals surface area contributed by atoms with Crippen molar-refractivity contribution in [1.29, 1.82) is 0 Å². The Balaban J connectivity index is 1.67. The van der Waals surface area contributed by atoms with E-state index in [0.29, 0.717) is 28.3 Å². The quantitative estimate of drug-likeness (QED) is 0.439.